The van der Waals surface area contributed by atoms with Crippen LogP contribution in [0.25, 0.3) is 0 Å². The van der Waals surface area contributed by atoms with Gasteiger partial charge in [-0.2, -0.15) is 0 Å². The molecule has 0 bridgehead atoms. The van der Waals surface area contributed by atoms with Gasteiger partial charge in [0.15, 0.2) is 0 Å². The zero-order valence-corrected chi connectivity index (χ0v) is 39.4. The number of rotatable bonds is 14. The van der Waals surface area contributed by atoms with E-state index >= 15 is 0 Å². The number of nitrogens with zero attached hydrogens (tertiary/aromatic N) is 1. The molecule has 1 amide bonds. The zero-order chi connectivity index (χ0) is 43.2. The van der Waals surface area contributed by atoms with E-state index in [4.69, 9.17) is 15.9 Å². The highest BCUT2D eigenvalue weighted by Crippen LogP contribution is 2.54. The first-order valence-electron chi connectivity index (χ1n) is 22.0. The number of allylic oxidation sites excluding steroid dienone is 2. The van der Waals surface area contributed by atoms with Crippen LogP contribution in [0.5, 0.6) is 0 Å². The van der Waals surface area contributed by atoms with E-state index in [0.29, 0.717) is 11.6 Å². The number of esters is 1. The maximum absolute atomic E-state index is 10.5. The minimum atomic E-state index is -0.328. The Labute approximate surface area is 341 Å². The van der Waals surface area contributed by atoms with Gasteiger partial charge in [-0.3, -0.25) is 9.59 Å². The van der Waals surface area contributed by atoms with Gasteiger partial charge in [0.05, 0.1) is 5.69 Å². The van der Waals surface area contributed by atoms with Crippen molar-refractivity contribution in [2.45, 2.75) is 226 Å². The number of amides is 1. The first-order chi connectivity index (χ1) is 25.6. The average molecular weight is 776 g/mol. The number of unbranched alkanes of at least 4 members (excludes halogenated alkanes) is 1. The van der Waals surface area contributed by atoms with E-state index < -0.39 is 0 Å². The molecule has 1 saturated carbocycles. The molecule has 4 unspecified atom stereocenters. The molecule has 4 atom stereocenters. The molecule has 8 nitrogen and oxygen atoms in total. The lowest BCUT2D eigenvalue weighted by Gasteiger charge is -2.17. The maximum Gasteiger partial charge on any atom is 0.303 e. The number of carbonyl (C=O) groups excluding carboxylic acids is 2. The Morgan fingerprint density at radius 1 is 0.982 bits per heavy atom. The van der Waals surface area contributed by atoms with Gasteiger partial charge in [0.25, 0.3) is 0 Å². The SMILES string of the molecule is CC(=O)OC(C)(C)C.CC1CCC(=O)NC1.CCC(C)=C(C)C(C)=N.CCC(C)CCCC(N)c1cnc(C)[nH]1.CCCC.CCCC1(CC(C)CC)CC1. The van der Waals surface area contributed by atoms with Crippen LogP contribution in [0, 0.1) is 35.5 Å². The Morgan fingerprint density at radius 3 is 1.84 bits per heavy atom. The number of aromatic amines is 1. The Bertz CT molecular complexity index is 1150. The number of H-pyrrole nitrogens is 1. The van der Waals surface area contributed by atoms with Gasteiger partial charge in [0, 0.05) is 37.8 Å². The minimum absolute atomic E-state index is 0.121. The highest BCUT2D eigenvalue weighted by atomic mass is 16.6. The van der Waals surface area contributed by atoms with Crippen molar-refractivity contribution in [3.63, 3.8) is 0 Å². The van der Waals surface area contributed by atoms with Crippen molar-refractivity contribution >= 4 is 17.6 Å². The molecule has 0 spiro atoms. The lowest BCUT2D eigenvalue weighted by Crippen LogP contribution is -2.33. The van der Waals surface area contributed by atoms with Crippen LogP contribution >= 0.6 is 0 Å². The van der Waals surface area contributed by atoms with E-state index in [2.05, 4.69) is 84.5 Å². The summed E-state index contributed by atoms with van der Waals surface area (Å²) >= 11 is 0. The van der Waals surface area contributed by atoms with E-state index in [-0.39, 0.29) is 23.5 Å². The number of aryl methyl sites for hydroxylation is 1. The molecule has 2 heterocycles. The first-order valence-corrected chi connectivity index (χ1v) is 22.0. The number of ether oxygens (including phenoxy) is 1. The third-order valence-electron chi connectivity index (χ3n) is 10.4. The summed E-state index contributed by atoms with van der Waals surface area (Å²) in [6.07, 6.45) is 20.9. The molecule has 1 aliphatic heterocycles. The summed E-state index contributed by atoms with van der Waals surface area (Å²) in [6, 6.07) is 0.121. The monoisotopic (exact) mass is 776 g/mol. The summed E-state index contributed by atoms with van der Waals surface area (Å²) in [5.41, 5.74) is 10.8. The molecule has 1 aliphatic carbocycles. The van der Waals surface area contributed by atoms with Crippen LogP contribution in [-0.2, 0) is 14.3 Å². The summed E-state index contributed by atoms with van der Waals surface area (Å²) < 4.78 is 4.80. The fraction of sp³-hybridized carbons (Fsp3) is 0.830. The number of hydrogen-bond acceptors (Lipinski definition) is 6. The van der Waals surface area contributed by atoms with Gasteiger partial charge >= 0.3 is 5.97 Å². The summed E-state index contributed by atoms with van der Waals surface area (Å²) in [6.45, 7) is 35.9. The standard InChI is InChI=1S/C12H23N3.C11H22.C8H15N.C6H11NO.C6H12O2.C4H10/c1-4-9(2)6-5-7-11(13)12-8-14-10(3)15-12;1-4-6-11(7-8-11)9-10(3)5-2;1-5-6(2)7(3)8(4)9;1-5-2-3-6(8)7-4-5;1-5(7)8-6(2,3)4;1-3-4-2/h8-9,11H,4-7,13H2,1-3H3,(H,14,15);10H,4-9H2,1-3H3;9H,5H2,1-4H3;5H,2-4H2,1H3,(H,7,8);1-4H3;3-4H2,1-2H3. The summed E-state index contributed by atoms with van der Waals surface area (Å²) in [4.78, 5) is 28.1. The molecule has 2 fully saturated rings. The van der Waals surface area contributed by atoms with Crippen LogP contribution in [0.1, 0.15) is 225 Å². The maximum atomic E-state index is 10.5. The van der Waals surface area contributed by atoms with Crippen LogP contribution in [0.2, 0.25) is 0 Å². The van der Waals surface area contributed by atoms with Crippen molar-refractivity contribution in [2.75, 3.05) is 6.54 Å². The van der Waals surface area contributed by atoms with Crippen molar-refractivity contribution in [3.05, 3.63) is 28.9 Å². The molecule has 1 aromatic heterocycles. The van der Waals surface area contributed by atoms with Gasteiger partial charge in [-0.15, -0.1) is 0 Å². The molecule has 1 saturated heterocycles. The van der Waals surface area contributed by atoms with E-state index in [1.165, 1.54) is 83.1 Å². The number of piperidine rings is 1. The van der Waals surface area contributed by atoms with Crippen molar-refractivity contribution in [2.24, 2.45) is 28.9 Å². The molecule has 0 aromatic carbocycles. The third-order valence-corrected chi connectivity index (χ3v) is 10.4. The number of carbonyl (C=O) groups is 2. The number of nitrogens with one attached hydrogen (secondary N) is 3. The lowest BCUT2D eigenvalue weighted by molar-refractivity contribution is -0.151. The third kappa shape index (κ3) is 34.5. The fourth-order valence-electron chi connectivity index (χ4n) is 5.69. The first kappa shape index (κ1) is 56.8. The number of hydrogen-bond donors (Lipinski definition) is 4. The van der Waals surface area contributed by atoms with Gasteiger partial charge in [-0.1, -0.05) is 113 Å². The molecule has 3 rings (SSSR count). The molecule has 0 radical (unpaired) electrons. The molecule has 8 heteroatoms. The second-order valence-electron chi connectivity index (χ2n) is 17.5. The predicted octanol–water partition coefficient (Wildman–Crippen LogP) is 13.4. The molecule has 2 aliphatic rings. The van der Waals surface area contributed by atoms with Crippen molar-refractivity contribution < 1.29 is 14.3 Å². The highest BCUT2D eigenvalue weighted by molar-refractivity contribution is 5.95. The van der Waals surface area contributed by atoms with Gasteiger partial charge in [-0.25, -0.2) is 4.98 Å². The van der Waals surface area contributed by atoms with E-state index in [1.807, 2.05) is 47.7 Å². The smallest absolute Gasteiger partial charge is 0.303 e. The molecule has 1 aromatic rings. The van der Waals surface area contributed by atoms with Crippen molar-refractivity contribution in [1.82, 2.24) is 15.3 Å². The Hall–Kier alpha value is -2.48. The Morgan fingerprint density at radius 2 is 1.55 bits per heavy atom. The van der Waals surface area contributed by atoms with Crippen LogP contribution in [0.15, 0.2) is 17.3 Å². The van der Waals surface area contributed by atoms with Crippen molar-refractivity contribution in [3.8, 4) is 0 Å². The van der Waals surface area contributed by atoms with Gasteiger partial charge in [-0.05, 0) is 122 Å². The van der Waals surface area contributed by atoms with Gasteiger partial charge in [0.2, 0.25) is 5.91 Å². The van der Waals surface area contributed by atoms with Crippen LogP contribution in [0.4, 0.5) is 0 Å². The van der Waals surface area contributed by atoms with E-state index in [0.717, 1.165) is 66.6 Å². The zero-order valence-electron chi connectivity index (χ0n) is 39.4. The topological polar surface area (TPSA) is 134 Å². The highest BCUT2D eigenvalue weighted by Gasteiger charge is 2.41. The summed E-state index contributed by atoms with van der Waals surface area (Å²) in [7, 11) is 0. The fourth-order valence-corrected chi connectivity index (χ4v) is 5.69. The summed E-state index contributed by atoms with van der Waals surface area (Å²) in [5, 5.41) is 10.1. The van der Waals surface area contributed by atoms with Crippen LogP contribution in [-0.4, -0.2) is 39.7 Å². The number of aromatic nitrogens is 2. The van der Waals surface area contributed by atoms with Crippen molar-refractivity contribution in [1.29, 1.82) is 5.41 Å². The van der Waals surface area contributed by atoms with E-state index in [9.17, 15) is 9.59 Å². The second-order valence-corrected chi connectivity index (χ2v) is 17.5. The normalized spacial score (nSPS) is 17.3. The molecular formula is C47H93N5O3. The molecular weight excluding hydrogens is 683 g/mol. The second kappa shape index (κ2) is 32.6. The summed E-state index contributed by atoms with van der Waals surface area (Å²) in [5.74, 6) is 3.40. The molecule has 5 N–H and O–H groups in total. The quantitative estimate of drug-likeness (QED) is 0.110. The molecule has 324 valence electrons. The Kier molecular flexibility index (Phi) is 33.7. The largest absolute Gasteiger partial charge is 0.460 e. The molecule has 55 heavy (non-hydrogen) atoms. The van der Waals surface area contributed by atoms with Gasteiger partial charge in [0.1, 0.15) is 11.4 Å². The number of imidazole rings is 1. The number of nitrogens with two attached hydrogens (primary N) is 1. The minimum Gasteiger partial charge on any atom is -0.460 e. The lowest BCUT2D eigenvalue weighted by atomic mass is 9.88. The predicted molar refractivity (Wildman–Crippen MR) is 240 cm³/mol. The average Bonchev–Trinajstić information content (AvgIpc) is 3.73. The van der Waals surface area contributed by atoms with Crippen LogP contribution < -0.4 is 11.1 Å². The van der Waals surface area contributed by atoms with E-state index in [1.54, 1.807) is 0 Å². The van der Waals surface area contributed by atoms with Gasteiger partial charge < -0.3 is 26.2 Å². The Balaban J connectivity index is -0.000000612. The van der Waals surface area contributed by atoms with Crippen LogP contribution in [0.3, 0.4) is 0 Å².